The molecule has 0 spiro atoms. The zero-order valence-corrected chi connectivity index (χ0v) is 17.7. The van der Waals surface area contributed by atoms with E-state index < -0.39 is 10.0 Å². The van der Waals surface area contributed by atoms with Gasteiger partial charge in [0.05, 0.1) is 6.26 Å². The van der Waals surface area contributed by atoms with Gasteiger partial charge in [-0.15, -0.1) is 0 Å². The number of H-pyrrole nitrogens is 1. The number of nitrogens with one attached hydrogen (secondary N) is 2. The molecule has 2 aromatic carbocycles. The first-order chi connectivity index (χ1) is 13.9. The maximum absolute atomic E-state index is 11.3. The molecule has 0 aliphatic rings. The highest BCUT2D eigenvalue weighted by molar-refractivity contribution is 7.92. The summed E-state index contributed by atoms with van der Waals surface area (Å²) in [5, 5.41) is 5.17. The average Bonchev–Trinajstić information content (AvgIpc) is 3.29. The monoisotopic (exact) mass is 447 g/mol. The van der Waals surface area contributed by atoms with Crippen LogP contribution in [0.4, 0.5) is 5.69 Å². The number of aromatic amines is 1. The highest BCUT2D eigenvalue weighted by atomic mass is 32.2. The summed E-state index contributed by atoms with van der Waals surface area (Å²) >= 11 is 0. The van der Waals surface area contributed by atoms with Gasteiger partial charge in [-0.2, -0.15) is 4.98 Å². The van der Waals surface area contributed by atoms with Crippen molar-refractivity contribution in [3.63, 3.8) is 0 Å². The van der Waals surface area contributed by atoms with Gasteiger partial charge in [-0.25, -0.2) is 8.42 Å². The number of hydrogen-bond donors (Lipinski definition) is 3. The van der Waals surface area contributed by atoms with Gasteiger partial charge in [0, 0.05) is 34.8 Å². The third-order valence-electron chi connectivity index (χ3n) is 4.52. The van der Waals surface area contributed by atoms with Gasteiger partial charge in [-0.1, -0.05) is 17.3 Å². The quantitative estimate of drug-likeness (QED) is 0.379. The van der Waals surface area contributed by atoms with Crippen LogP contribution < -0.4 is 10.5 Å². The molecule has 2 aromatic heterocycles. The number of fused-ring (bicyclic) bond motifs is 1. The maximum atomic E-state index is 11.3. The van der Waals surface area contributed by atoms with Gasteiger partial charge >= 0.3 is 0 Å². The second-order valence-corrected chi connectivity index (χ2v) is 8.63. The summed E-state index contributed by atoms with van der Waals surface area (Å²) in [5.41, 5.74) is 10.2. The number of nitrogens with two attached hydrogens (primary N) is 1. The molecule has 0 unspecified atom stereocenters. The summed E-state index contributed by atoms with van der Waals surface area (Å²) in [6, 6.07) is 13.0. The Labute approximate surface area is 179 Å². The molecule has 31 heavy (non-hydrogen) atoms. The lowest BCUT2D eigenvalue weighted by Crippen LogP contribution is -2.09. The van der Waals surface area contributed by atoms with Gasteiger partial charge in [-0.05, 0) is 54.4 Å². The molecule has 4 aromatic rings. The van der Waals surface area contributed by atoms with Gasteiger partial charge in [0.1, 0.15) is 0 Å². The number of benzene rings is 2. The van der Waals surface area contributed by atoms with E-state index in [1.165, 1.54) is 0 Å². The van der Waals surface area contributed by atoms with E-state index in [-0.39, 0.29) is 11.0 Å². The first kappa shape index (κ1) is 24.0. The summed E-state index contributed by atoms with van der Waals surface area (Å²) in [4.78, 5) is 7.74. The molecular weight excluding hydrogens is 422 g/mol. The predicted molar refractivity (Wildman–Crippen MR) is 119 cm³/mol. The SMILES string of the molecule is CS(=O)(=O)Nc1ccc(Cc2noc(-c3ccc4[nH]cc(CCN)c4c3)n2)cc1.O.O. The maximum Gasteiger partial charge on any atom is 0.257 e. The van der Waals surface area contributed by atoms with Crippen LogP contribution in [0, 0.1) is 0 Å². The second-order valence-electron chi connectivity index (χ2n) is 6.88. The van der Waals surface area contributed by atoms with Gasteiger partial charge in [0.2, 0.25) is 10.0 Å². The molecule has 10 nitrogen and oxygen atoms in total. The fourth-order valence-electron chi connectivity index (χ4n) is 3.20. The van der Waals surface area contributed by atoms with Crippen molar-refractivity contribution in [1.29, 1.82) is 0 Å². The molecule has 0 atom stereocenters. The molecule has 0 fully saturated rings. The molecule has 4 rings (SSSR count). The minimum absolute atomic E-state index is 0. The number of anilines is 1. The van der Waals surface area contributed by atoms with Gasteiger partial charge in [0.25, 0.3) is 5.89 Å². The van der Waals surface area contributed by atoms with Crippen LogP contribution in [-0.4, -0.2) is 47.3 Å². The van der Waals surface area contributed by atoms with Crippen LogP contribution in [0.25, 0.3) is 22.4 Å². The molecular formula is C20H25N5O5S. The van der Waals surface area contributed by atoms with Crippen molar-refractivity contribution in [3.05, 3.63) is 65.6 Å². The van der Waals surface area contributed by atoms with Crippen LogP contribution in [-0.2, 0) is 22.9 Å². The Bertz CT molecular complexity index is 1250. The fraction of sp³-hybridized carbons (Fsp3) is 0.200. The van der Waals surface area contributed by atoms with E-state index in [1.807, 2.05) is 36.5 Å². The molecule has 2 heterocycles. The zero-order valence-electron chi connectivity index (χ0n) is 16.8. The minimum Gasteiger partial charge on any atom is -0.412 e. The average molecular weight is 448 g/mol. The summed E-state index contributed by atoms with van der Waals surface area (Å²) in [6.45, 7) is 0.584. The number of sulfonamides is 1. The number of hydrogen-bond acceptors (Lipinski definition) is 6. The molecule has 0 aliphatic carbocycles. The van der Waals surface area contributed by atoms with Crippen LogP contribution in [0.1, 0.15) is 17.0 Å². The number of rotatable bonds is 7. The Morgan fingerprint density at radius 3 is 2.55 bits per heavy atom. The number of nitrogens with zero attached hydrogens (tertiary/aromatic N) is 2. The third kappa shape index (κ3) is 5.67. The van der Waals surface area contributed by atoms with Gasteiger partial charge in [0.15, 0.2) is 5.82 Å². The van der Waals surface area contributed by atoms with E-state index in [0.717, 1.165) is 40.3 Å². The Morgan fingerprint density at radius 1 is 1.13 bits per heavy atom. The minimum atomic E-state index is -3.29. The Balaban J connectivity index is 0.00000171. The van der Waals surface area contributed by atoms with Crippen molar-refractivity contribution in [2.45, 2.75) is 12.8 Å². The van der Waals surface area contributed by atoms with Crippen molar-refractivity contribution in [2.75, 3.05) is 17.5 Å². The van der Waals surface area contributed by atoms with Crippen LogP contribution in [0.5, 0.6) is 0 Å². The van der Waals surface area contributed by atoms with E-state index in [0.29, 0.717) is 30.4 Å². The molecule has 0 amide bonds. The second kappa shape index (κ2) is 9.71. The Kier molecular flexibility index (Phi) is 7.52. The Morgan fingerprint density at radius 2 is 1.87 bits per heavy atom. The van der Waals surface area contributed by atoms with Crippen molar-refractivity contribution >= 4 is 26.6 Å². The lowest BCUT2D eigenvalue weighted by Gasteiger charge is -2.04. The molecule has 0 aliphatic heterocycles. The summed E-state index contributed by atoms with van der Waals surface area (Å²) in [5.74, 6) is 1.01. The van der Waals surface area contributed by atoms with Crippen molar-refractivity contribution in [2.24, 2.45) is 5.73 Å². The smallest absolute Gasteiger partial charge is 0.257 e. The fourth-order valence-corrected chi connectivity index (χ4v) is 3.77. The van der Waals surface area contributed by atoms with E-state index >= 15 is 0 Å². The number of aromatic nitrogens is 3. The lowest BCUT2D eigenvalue weighted by molar-refractivity contribution is 0.424. The highest BCUT2D eigenvalue weighted by Crippen LogP contribution is 2.26. The van der Waals surface area contributed by atoms with E-state index in [9.17, 15) is 8.42 Å². The van der Waals surface area contributed by atoms with Crippen molar-refractivity contribution in [1.82, 2.24) is 15.1 Å². The molecule has 8 N–H and O–H groups in total. The van der Waals surface area contributed by atoms with Crippen LogP contribution in [0.2, 0.25) is 0 Å². The highest BCUT2D eigenvalue weighted by Gasteiger charge is 2.12. The van der Waals surface area contributed by atoms with Crippen LogP contribution in [0.15, 0.2) is 53.2 Å². The van der Waals surface area contributed by atoms with Crippen LogP contribution >= 0.6 is 0 Å². The van der Waals surface area contributed by atoms with Crippen molar-refractivity contribution < 1.29 is 23.9 Å². The molecule has 0 bridgehead atoms. The standard InChI is InChI=1S/C20H21N5O3S.2H2O/c1-29(26,27)25-16-5-2-13(3-6-16)10-19-23-20(28-24-19)14-4-7-18-17(11-14)15(8-9-21)12-22-18;;/h2-7,11-12,22,25H,8-10,21H2,1H3;2*1H2. The Hall–Kier alpha value is -3.25. The van der Waals surface area contributed by atoms with E-state index in [2.05, 4.69) is 19.8 Å². The predicted octanol–water partition coefficient (Wildman–Crippen LogP) is 1.03. The first-order valence-electron chi connectivity index (χ1n) is 9.11. The topological polar surface area (TPSA) is 190 Å². The lowest BCUT2D eigenvalue weighted by atomic mass is 10.1. The van der Waals surface area contributed by atoms with Crippen LogP contribution in [0.3, 0.4) is 0 Å². The summed E-state index contributed by atoms with van der Waals surface area (Å²) in [6.07, 6.45) is 4.37. The molecule has 11 heteroatoms. The molecule has 0 saturated heterocycles. The van der Waals surface area contributed by atoms with Gasteiger partial charge in [-0.3, -0.25) is 4.72 Å². The largest absolute Gasteiger partial charge is 0.412 e. The van der Waals surface area contributed by atoms with Gasteiger partial charge < -0.3 is 26.2 Å². The molecule has 0 saturated carbocycles. The summed E-state index contributed by atoms with van der Waals surface area (Å²) in [7, 11) is -3.29. The molecule has 166 valence electrons. The van der Waals surface area contributed by atoms with E-state index in [4.69, 9.17) is 10.3 Å². The third-order valence-corrected chi connectivity index (χ3v) is 5.12. The first-order valence-corrected chi connectivity index (χ1v) is 11.0. The normalized spacial score (nSPS) is 11.0. The van der Waals surface area contributed by atoms with Crippen molar-refractivity contribution in [3.8, 4) is 11.5 Å². The molecule has 0 radical (unpaired) electrons. The summed E-state index contributed by atoms with van der Waals surface area (Å²) < 4.78 is 30.5. The van der Waals surface area contributed by atoms with E-state index in [1.54, 1.807) is 12.1 Å². The zero-order chi connectivity index (χ0) is 20.4.